The molecule has 1 N–H and O–H groups in total. The number of ether oxygens (including phenoxy) is 1. The fourth-order valence-electron chi connectivity index (χ4n) is 2.15. The molecule has 0 spiro atoms. The summed E-state index contributed by atoms with van der Waals surface area (Å²) >= 11 is 0. The molecule has 118 valence electrons. The number of hydrogen-bond donors (Lipinski definition) is 1. The van der Waals surface area contributed by atoms with Gasteiger partial charge in [-0.1, -0.05) is 26.8 Å². The van der Waals surface area contributed by atoms with Crippen molar-refractivity contribution in [2.24, 2.45) is 7.05 Å². The molecule has 0 fully saturated rings. The topological polar surface area (TPSA) is 56.1 Å². The van der Waals surface area contributed by atoms with Gasteiger partial charge in [0.05, 0.1) is 18.5 Å². The zero-order valence-electron chi connectivity index (χ0n) is 14.0. The Labute approximate surface area is 131 Å². The first-order valence-electron chi connectivity index (χ1n) is 7.23. The third-order valence-corrected chi connectivity index (χ3v) is 3.48. The lowest BCUT2D eigenvalue weighted by Crippen LogP contribution is -2.16. The summed E-state index contributed by atoms with van der Waals surface area (Å²) in [7, 11) is 3.36. The number of amides is 1. The molecule has 0 saturated heterocycles. The number of hydrogen-bond acceptors (Lipinski definition) is 3. The van der Waals surface area contributed by atoms with Crippen LogP contribution in [0.5, 0.6) is 5.75 Å². The molecule has 5 heteroatoms. The number of carbonyl (C=O) groups excluding carboxylic acids is 1. The molecule has 2 rings (SSSR count). The maximum Gasteiger partial charge on any atom is 0.274 e. The van der Waals surface area contributed by atoms with Gasteiger partial charge in [0.15, 0.2) is 0 Å². The number of carbonyl (C=O) groups is 1. The van der Waals surface area contributed by atoms with Crippen molar-refractivity contribution in [2.75, 3.05) is 12.4 Å². The molecule has 0 bridgehead atoms. The van der Waals surface area contributed by atoms with Crippen LogP contribution in [0.4, 0.5) is 5.69 Å². The van der Waals surface area contributed by atoms with Crippen molar-refractivity contribution >= 4 is 11.6 Å². The molecular formula is C17H23N3O2. The maximum absolute atomic E-state index is 12.5. The molecule has 0 atom stereocenters. The summed E-state index contributed by atoms with van der Waals surface area (Å²) < 4.78 is 6.90. The minimum atomic E-state index is -0.200. The highest BCUT2D eigenvalue weighted by Gasteiger charge is 2.22. The van der Waals surface area contributed by atoms with Crippen molar-refractivity contribution in [1.82, 2.24) is 9.78 Å². The van der Waals surface area contributed by atoms with Crippen molar-refractivity contribution in [1.29, 1.82) is 0 Å². The van der Waals surface area contributed by atoms with E-state index < -0.39 is 0 Å². The van der Waals surface area contributed by atoms with Crippen LogP contribution >= 0.6 is 0 Å². The fourth-order valence-corrected chi connectivity index (χ4v) is 2.15. The van der Waals surface area contributed by atoms with E-state index in [0.29, 0.717) is 17.1 Å². The Morgan fingerprint density at radius 3 is 2.50 bits per heavy atom. The molecule has 0 aliphatic carbocycles. The van der Waals surface area contributed by atoms with Gasteiger partial charge in [0.25, 0.3) is 5.91 Å². The van der Waals surface area contributed by atoms with E-state index in [4.69, 9.17) is 4.74 Å². The molecular weight excluding hydrogens is 278 g/mol. The van der Waals surface area contributed by atoms with Gasteiger partial charge in [-0.05, 0) is 30.7 Å². The Kier molecular flexibility index (Phi) is 4.26. The molecule has 22 heavy (non-hydrogen) atoms. The van der Waals surface area contributed by atoms with Gasteiger partial charge in [-0.15, -0.1) is 0 Å². The monoisotopic (exact) mass is 301 g/mol. The smallest absolute Gasteiger partial charge is 0.274 e. The Balaban J connectivity index is 2.30. The van der Waals surface area contributed by atoms with Crippen LogP contribution in [-0.2, 0) is 12.5 Å². The number of rotatable bonds is 3. The maximum atomic E-state index is 12.5. The number of nitrogens with zero attached hydrogens (tertiary/aromatic N) is 2. The number of aromatic nitrogens is 2. The first-order chi connectivity index (χ1) is 10.2. The van der Waals surface area contributed by atoms with Crippen LogP contribution in [0.2, 0.25) is 0 Å². The highest BCUT2D eigenvalue weighted by atomic mass is 16.5. The van der Waals surface area contributed by atoms with E-state index in [9.17, 15) is 4.79 Å². The van der Waals surface area contributed by atoms with E-state index in [2.05, 4.69) is 31.2 Å². The molecule has 0 aliphatic heterocycles. The third-order valence-electron chi connectivity index (χ3n) is 3.48. The Morgan fingerprint density at radius 1 is 1.27 bits per heavy atom. The van der Waals surface area contributed by atoms with Gasteiger partial charge in [-0.25, -0.2) is 0 Å². The van der Waals surface area contributed by atoms with Crippen LogP contribution in [0.3, 0.4) is 0 Å². The zero-order valence-corrected chi connectivity index (χ0v) is 14.0. The number of methoxy groups -OCH3 is 1. The van der Waals surface area contributed by atoms with E-state index in [1.807, 2.05) is 31.2 Å². The van der Waals surface area contributed by atoms with Gasteiger partial charge in [0.2, 0.25) is 0 Å². The average Bonchev–Trinajstić information content (AvgIpc) is 2.81. The van der Waals surface area contributed by atoms with Crippen molar-refractivity contribution < 1.29 is 9.53 Å². The molecule has 2 aromatic rings. The van der Waals surface area contributed by atoms with E-state index in [1.54, 1.807) is 18.8 Å². The van der Waals surface area contributed by atoms with E-state index in [1.165, 1.54) is 0 Å². The lowest BCUT2D eigenvalue weighted by molar-refractivity contribution is 0.101. The zero-order chi connectivity index (χ0) is 16.5. The Morgan fingerprint density at radius 2 is 1.95 bits per heavy atom. The standard InChI is InChI=1S/C17H23N3O2/c1-11-7-8-14(22-6)12(9-11)18-16(21)13-10-15(17(2,3)4)19-20(13)5/h7-10H,1-6H3,(H,18,21). The molecule has 1 amide bonds. The second kappa shape index (κ2) is 5.83. The SMILES string of the molecule is COc1ccc(C)cc1NC(=O)c1cc(C(C)(C)C)nn1C. The van der Waals surface area contributed by atoms with Gasteiger partial charge in [-0.3, -0.25) is 9.48 Å². The molecule has 0 radical (unpaired) electrons. The minimum Gasteiger partial charge on any atom is -0.495 e. The second-order valence-electron chi connectivity index (χ2n) is 6.45. The highest BCUT2D eigenvalue weighted by molar-refractivity contribution is 6.04. The number of anilines is 1. The first-order valence-corrected chi connectivity index (χ1v) is 7.23. The number of benzene rings is 1. The van der Waals surface area contributed by atoms with Crippen molar-refractivity contribution in [3.8, 4) is 5.75 Å². The molecule has 5 nitrogen and oxygen atoms in total. The number of nitrogens with one attached hydrogen (secondary N) is 1. The second-order valence-corrected chi connectivity index (χ2v) is 6.45. The summed E-state index contributed by atoms with van der Waals surface area (Å²) in [4.78, 5) is 12.5. The molecule has 1 aromatic carbocycles. The average molecular weight is 301 g/mol. The Hall–Kier alpha value is -2.30. The molecule has 1 heterocycles. The van der Waals surface area contributed by atoms with E-state index in [-0.39, 0.29) is 11.3 Å². The van der Waals surface area contributed by atoms with Crippen LogP contribution in [0.15, 0.2) is 24.3 Å². The minimum absolute atomic E-state index is 0.0999. The van der Waals surface area contributed by atoms with Crippen molar-refractivity contribution in [2.45, 2.75) is 33.1 Å². The summed E-state index contributed by atoms with van der Waals surface area (Å²) in [5.41, 5.74) is 3.02. The van der Waals surface area contributed by atoms with Crippen LogP contribution in [0, 0.1) is 6.92 Å². The molecule has 1 aromatic heterocycles. The lowest BCUT2D eigenvalue weighted by atomic mass is 9.92. The first kappa shape index (κ1) is 16.1. The summed E-state index contributed by atoms with van der Waals surface area (Å²) in [5.74, 6) is 0.437. The van der Waals surface area contributed by atoms with Gasteiger partial charge in [0.1, 0.15) is 11.4 Å². The normalized spacial score (nSPS) is 11.4. The molecule has 0 aliphatic rings. The van der Waals surface area contributed by atoms with E-state index >= 15 is 0 Å². The lowest BCUT2D eigenvalue weighted by Gasteiger charge is -2.13. The van der Waals surface area contributed by atoms with Gasteiger partial charge < -0.3 is 10.1 Å². The van der Waals surface area contributed by atoms with Crippen molar-refractivity contribution in [3.63, 3.8) is 0 Å². The number of aryl methyl sites for hydroxylation is 2. The van der Waals surface area contributed by atoms with Crippen molar-refractivity contribution in [3.05, 3.63) is 41.2 Å². The highest BCUT2D eigenvalue weighted by Crippen LogP contribution is 2.26. The summed E-state index contributed by atoms with van der Waals surface area (Å²) in [6.45, 7) is 8.18. The molecule has 0 unspecified atom stereocenters. The Bertz CT molecular complexity index is 696. The predicted molar refractivity (Wildman–Crippen MR) is 87.6 cm³/mol. The van der Waals surface area contributed by atoms with Gasteiger partial charge in [-0.2, -0.15) is 5.10 Å². The van der Waals surface area contributed by atoms with Crippen LogP contribution < -0.4 is 10.1 Å². The van der Waals surface area contributed by atoms with Gasteiger partial charge in [0, 0.05) is 12.5 Å². The third kappa shape index (κ3) is 3.30. The van der Waals surface area contributed by atoms with Crippen LogP contribution in [0.25, 0.3) is 0 Å². The predicted octanol–water partition coefficient (Wildman–Crippen LogP) is 3.29. The quantitative estimate of drug-likeness (QED) is 0.946. The largest absolute Gasteiger partial charge is 0.495 e. The van der Waals surface area contributed by atoms with E-state index in [0.717, 1.165) is 11.3 Å². The summed E-state index contributed by atoms with van der Waals surface area (Å²) in [5, 5.41) is 7.33. The fraction of sp³-hybridized carbons (Fsp3) is 0.412. The van der Waals surface area contributed by atoms with Crippen LogP contribution in [0.1, 0.15) is 42.5 Å². The van der Waals surface area contributed by atoms with Crippen LogP contribution in [-0.4, -0.2) is 22.8 Å². The molecule has 0 saturated carbocycles. The van der Waals surface area contributed by atoms with Gasteiger partial charge >= 0.3 is 0 Å². The summed E-state index contributed by atoms with van der Waals surface area (Å²) in [6, 6.07) is 7.50. The summed E-state index contributed by atoms with van der Waals surface area (Å²) in [6.07, 6.45) is 0.